The van der Waals surface area contributed by atoms with Gasteiger partial charge in [-0.2, -0.15) is 5.10 Å². The lowest BCUT2D eigenvalue weighted by molar-refractivity contribution is -0.115. The van der Waals surface area contributed by atoms with Gasteiger partial charge in [0.25, 0.3) is 0 Å². The quantitative estimate of drug-likeness (QED) is 0.790. The summed E-state index contributed by atoms with van der Waals surface area (Å²) in [5.74, 6) is -0.860. The number of aromatic nitrogens is 2. The van der Waals surface area contributed by atoms with Crippen LogP contribution in [0.4, 0.5) is 10.1 Å². The fourth-order valence-corrected chi connectivity index (χ4v) is 2.32. The minimum absolute atomic E-state index is 0.0675. The Kier molecular flexibility index (Phi) is 4.39. The SMILES string of the molecule is O=C(Cc1cnn(-c2ccccc2)c1)Nc1cc(Cl)ccc1F. The number of carbonyl (C=O) groups excluding carboxylic acids is 1. The molecule has 4 nitrogen and oxygen atoms in total. The van der Waals surface area contributed by atoms with Gasteiger partial charge in [0.2, 0.25) is 5.91 Å². The highest BCUT2D eigenvalue weighted by atomic mass is 35.5. The van der Waals surface area contributed by atoms with Gasteiger partial charge in [0.05, 0.1) is 24.0 Å². The summed E-state index contributed by atoms with van der Waals surface area (Å²) in [5.41, 5.74) is 1.70. The van der Waals surface area contributed by atoms with E-state index in [-0.39, 0.29) is 18.0 Å². The van der Waals surface area contributed by atoms with Gasteiger partial charge in [0.1, 0.15) is 5.82 Å². The van der Waals surface area contributed by atoms with E-state index in [1.54, 1.807) is 17.1 Å². The van der Waals surface area contributed by atoms with E-state index < -0.39 is 5.82 Å². The summed E-state index contributed by atoms with van der Waals surface area (Å²) in [7, 11) is 0. The maximum Gasteiger partial charge on any atom is 0.228 e. The molecule has 1 aromatic heterocycles. The zero-order chi connectivity index (χ0) is 16.2. The van der Waals surface area contributed by atoms with E-state index >= 15 is 0 Å². The van der Waals surface area contributed by atoms with Gasteiger partial charge in [-0.25, -0.2) is 9.07 Å². The average Bonchev–Trinajstić information content (AvgIpc) is 3.00. The zero-order valence-corrected chi connectivity index (χ0v) is 12.8. The first-order valence-corrected chi connectivity index (χ1v) is 7.33. The number of hydrogen-bond acceptors (Lipinski definition) is 2. The van der Waals surface area contributed by atoms with Crippen LogP contribution in [-0.2, 0) is 11.2 Å². The molecule has 1 amide bonds. The van der Waals surface area contributed by atoms with E-state index in [4.69, 9.17) is 11.6 Å². The minimum atomic E-state index is -0.525. The smallest absolute Gasteiger partial charge is 0.228 e. The molecular weight excluding hydrogens is 317 g/mol. The monoisotopic (exact) mass is 329 g/mol. The first-order valence-electron chi connectivity index (χ1n) is 6.96. The normalized spacial score (nSPS) is 10.5. The van der Waals surface area contributed by atoms with Crippen molar-refractivity contribution in [2.45, 2.75) is 6.42 Å². The largest absolute Gasteiger partial charge is 0.323 e. The number of carbonyl (C=O) groups is 1. The van der Waals surface area contributed by atoms with E-state index in [1.807, 2.05) is 30.3 Å². The molecule has 3 rings (SSSR count). The second-order valence-corrected chi connectivity index (χ2v) is 5.41. The van der Waals surface area contributed by atoms with Crippen molar-refractivity contribution in [2.75, 3.05) is 5.32 Å². The molecule has 0 aliphatic carbocycles. The highest BCUT2D eigenvalue weighted by molar-refractivity contribution is 6.30. The molecule has 2 aromatic carbocycles. The number of benzene rings is 2. The van der Waals surface area contributed by atoms with E-state index in [9.17, 15) is 9.18 Å². The van der Waals surface area contributed by atoms with E-state index in [0.29, 0.717) is 5.02 Å². The molecule has 1 N–H and O–H groups in total. The van der Waals surface area contributed by atoms with Crippen molar-refractivity contribution in [3.63, 3.8) is 0 Å². The van der Waals surface area contributed by atoms with Gasteiger partial charge < -0.3 is 5.32 Å². The number of rotatable bonds is 4. The summed E-state index contributed by atoms with van der Waals surface area (Å²) in [6.07, 6.45) is 3.48. The van der Waals surface area contributed by atoms with Crippen molar-refractivity contribution in [2.24, 2.45) is 0 Å². The van der Waals surface area contributed by atoms with Crippen LogP contribution in [0.5, 0.6) is 0 Å². The minimum Gasteiger partial charge on any atom is -0.323 e. The summed E-state index contributed by atoms with van der Waals surface area (Å²) in [6, 6.07) is 13.6. The number of nitrogens with zero attached hydrogens (tertiary/aromatic N) is 2. The second kappa shape index (κ2) is 6.62. The van der Waals surface area contributed by atoms with Crippen LogP contribution in [0.25, 0.3) is 5.69 Å². The number of nitrogens with one attached hydrogen (secondary N) is 1. The van der Waals surface area contributed by atoms with Crippen LogP contribution in [0.1, 0.15) is 5.56 Å². The molecule has 23 heavy (non-hydrogen) atoms. The van der Waals surface area contributed by atoms with Gasteiger partial charge in [-0.05, 0) is 35.9 Å². The molecule has 0 spiro atoms. The average molecular weight is 330 g/mol. The van der Waals surface area contributed by atoms with Gasteiger partial charge in [-0.1, -0.05) is 29.8 Å². The van der Waals surface area contributed by atoms with Crippen LogP contribution in [0.2, 0.25) is 5.02 Å². The Morgan fingerprint density at radius 1 is 1.22 bits per heavy atom. The molecule has 1 heterocycles. The number of anilines is 1. The number of hydrogen-bond donors (Lipinski definition) is 1. The third kappa shape index (κ3) is 3.76. The molecule has 0 unspecified atom stereocenters. The Morgan fingerprint density at radius 3 is 2.78 bits per heavy atom. The fourth-order valence-electron chi connectivity index (χ4n) is 2.15. The lowest BCUT2D eigenvalue weighted by Gasteiger charge is -2.06. The predicted octanol–water partition coefficient (Wildman–Crippen LogP) is 3.85. The molecule has 0 radical (unpaired) electrons. The lowest BCUT2D eigenvalue weighted by Crippen LogP contribution is -2.15. The van der Waals surface area contributed by atoms with E-state index in [0.717, 1.165) is 11.3 Å². The maximum atomic E-state index is 13.6. The molecule has 0 aliphatic rings. The number of halogens is 2. The van der Waals surface area contributed by atoms with Gasteiger partial charge in [0, 0.05) is 11.2 Å². The Morgan fingerprint density at radius 2 is 2.00 bits per heavy atom. The summed E-state index contributed by atoms with van der Waals surface area (Å²) in [6.45, 7) is 0. The predicted molar refractivity (Wildman–Crippen MR) is 87.3 cm³/mol. The van der Waals surface area contributed by atoms with Gasteiger partial charge in [-0.3, -0.25) is 4.79 Å². The molecule has 0 bridgehead atoms. The molecular formula is C17H13ClFN3O. The van der Waals surface area contributed by atoms with Crippen LogP contribution >= 0.6 is 11.6 Å². The summed E-state index contributed by atoms with van der Waals surface area (Å²) in [5, 5.41) is 7.09. The standard InChI is InChI=1S/C17H13ClFN3O/c18-13-6-7-15(19)16(9-13)21-17(23)8-12-10-20-22(11-12)14-4-2-1-3-5-14/h1-7,9-11H,8H2,(H,21,23). The molecule has 0 aliphatic heterocycles. The maximum absolute atomic E-state index is 13.6. The van der Waals surface area contributed by atoms with E-state index in [1.165, 1.54) is 18.2 Å². The van der Waals surface area contributed by atoms with Crippen molar-refractivity contribution < 1.29 is 9.18 Å². The molecule has 3 aromatic rings. The summed E-state index contributed by atoms with van der Waals surface area (Å²) < 4.78 is 15.3. The van der Waals surface area contributed by atoms with E-state index in [2.05, 4.69) is 10.4 Å². The van der Waals surface area contributed by atoms with Crippen molar-refractivity contribution in [3.8, 4) is 5.69 Å². The van der Waals surface area contributed by atoms with Crippen LogP contribution in [0, 0.1) is 5.82 Å². The fraction of sp³-hybridized carbons (Fsp3) is 0.0588. The van der Waals surface area contributed by atoms with Crippen molar-refractivity contribution in [3.05, 3.63) is 77.3 Å². The Hall–Kier alpha value is -2.66. The Labute approximate surface area is 137 Å². The molecule has 6 heteroatoms. The van der Waals surface area contributed by atoms with Crippen molar-refractivity contribution >= 4 is 23.2 Å². The highest BCUT2D eigenvalue weighted by Crippen LogP contribution is 2.19. The molecule has 0 saturated carbocycles. The molecule has 0 atom stereocenters. The summed E-state index contributed by atoms with van der Waals surface area (Å²) in [4.78, 5) is 12.0. The molecule has 0 fully saturated rings. The molecule has 116 valence electrons. The van der Waals surface area contributed by atoms with Crippen LogP contribution < -0.4 is 5.32 Å². The Bertz CT molecular complexity index is 833. The Balaban J connectivity index is 1.69. The topological polar surface area (TPSA) is 46.9 Å². The first kappa shape index (κ1) is 15.2. The second-order valence-electron chi connectivity index (χ2n) is 4.98. The third-order valence-electron chi connectivity index (χ3n) is 3.22. The van der Waals surface area contributed by atoms with Crippen LogP contribution in [-0.4, -0.2) is 15.7 Å². The first-order chi connectivity index (χ1) is 11.1. The van der Waals surface area contributed by atoms with Gasteiger partial charge >= 0.3 is 0 Å². The third-order valence-corrected chi connectivity index (χ3v) is 3.46. The lowest BCUT2D eigenvalue weighted by atomic mass is 10.2. The van der Waals surface area contributed by atoms with Crippen LogP contribution in [0.15, 0.2) is 60.9 Å². The highest BCUT2D eigenvalue weighted by Gasteiger charge is 2.10. The van der Waals surface area contributed by atoms with Gasteiger partial charge in [0.15, 0.2) is 0 Å². The van der Waals surface area contributed by atoms with Crippen molar-refractivity contribution in [1.29, 1.82) is 0 Å². The number of amides is 1. The van der Waals surface area contributed by atoms with Gasteiger partial charge in [-0.15, -0.1) is 0 Å². The number of para-hydroxylation sites is 1. The summed E-state index contributed by atoms with van der Waals surface area (Å²) >= 11 is 5.80. The van der Waals surface area contributed by atoms with Crippen molar-refractivity contribution in [1.82, 2.24) is 9.78 Å². The zero-order valence-electron chi connectivity index (χ0n) is 12.0. The van der Waals surface area contributed by atoms with Crippen LogP contribution in [0.3, 0.4) is 0 Å². The molecule has 0 saturated heterocycles.